The van der Waals surface area contributed by atoms with Gasteiger partial charge in [-0.05, 0) is 120 Å². The predicted molar refractivity (Wildman–Crippen MR) is 259 cm³/mol. The highest BCUT2D eigenvalue weighted by Gasteiger charge is 2.20. The molecule has 4 nitrogen and oxygen atoms in total. The van der Waals surface area contributed by atoms with Gasteiger partial charge in [0.2, 0.25) is 0 Å². The van der Waals surface area contributed by atoms with E-state index in [0.717, 1.165) is 58.4 Å². The largest absolute Gasteiger partial charge is 0.289 e. The molecule has 60 heavy (non-hydrogen) atoms. The average molecular weight is 803 g/mol. The number of benzene rings is 7. The van der Waals surface area contributed by atoms with Crippen molar-refractivity contribution in [1.29, 1.82) is 0 Å². The fraction of sp³-hybridized carbons (Fsp3) is 0.464. The van der Waals surface area contributed by atoms with E-state index in [1.165, 1.54) is 127 Å². The first-order valence-corrected chi connectivity index (χ1v) is 23.7. The molecule has 0 aromatic heterocycles. The molecule has 0 heterocycles. The van der Waals surface area contributed by atoms with E-state index < -0.39 is 0 Å². The maximum Gasteiger partial charge on any atom is 0.194 e. The van der Waals surface area contributed by atoms with Crippen LogP contribution in [-0.4, -0.2) is 0 Å². The zero-order chi connectivity index (χ0) is 42.2. The third-order valence-corrected chi connectivity index (χ3v) is 13.7. The number of fused-ring (bicyclic) bond motifs is 6. The molecular weight excluding hydrogens is 737 g/mol. The summed E-state index contributed by atoms with van der Waals surface area (Å²) < 4.78 is 0. The summed E-state index contributed by atoms with van der Waals surface area (Å²) in [6, 6.07) is 19.0. The molecule has 0 bridgehead atoms. The van der Waals surface area contributed by atoms with Crippen molar-refractivity contribution in [2.45, 2.75) is 169 Å². The fourth-order valence-corrected chi connectivity index (χ4v) is 10.1. The average Bonchev–Trinajstić information content (AvgIpc) is 3.26. The standard InChI is InChI=1S/C56H66O4/c1-5-7-9-11-13-15-17-19-21-23-27-39-31-47-48(32-40(39)28-24-22-20-18-16-14-12-10-8-6-2)54(58)50-36-42-34-46-38(4)52-51(55(59)43-29-25-26-30-44(43)56(52)60)37(3)45(46)33-41(42)35-49(50)53(47)57/h25-26,29-36H,5-24,27-28H2,1-4H3. The Labute approximate surface area is 356 Å². The van der Waals surface area contributed by atoms with Crippen LogP contribution in [0.2, 0.25) is 0 Å². The van der Waals surface area contributed by atoms with Gasteiger partial charge in [0.15, 0.2) is 21.7 Å². The molecule has 0 saturated heterocycles. The normalized spacial score (nSPS) is 12.1. The Hall–Kier alpha value is -4.70. The molecule has 0 N–H and O–H groups in total. The number of rotatable bonds is 22. The van der Waals surface area contributed by atoms with Gasteiger partial charge in [-0.15, -0.1) is 0 Å². The molecule has 0 aliphatic rings. The van der Waals surface area contributed by atoms with E-state index in [-0.39, 0.29) is 21.7 Å². The lowest BCUT2D eigenvalue weighted by Crippen LogP contribution is -2.15. The minimum Gasteiger partial charge on any atom is -0.289 e. The molecule has 0 radical (unpaired) electrons. The minimum absolute atomic E-state index is 0.0906. The Morgan fingerprint density at radius 1 is 0.333 bits per heavy atom. The SMILES string of the molecule is CCCCCCCCCCCCc1cc2c(=O)c3cc4cc5c(C)c6c(=O)c7ccccc7c(=O)c6c(C)c5cc4cc3c(=O)c2cc1CCCCCCCCCCCC. The maximum atomic E-state index is 14.5. The van der Waals surface area contributed by atoms with Gasteiger partial charge in [-0.1, -0.05) is 154 Å². The van der Waals surface area contributed by atoms with E-state index in [2.05, 4.69) is 26.0 Å². The van der Waals surface area contributed by atoms with Crippen LogP contribution in [0.4, 0.5) is 0 Å². The van der Waals surface area contributed by atoms with Gasteiger partial charge in [-0.2, -0.15) is 0 Å². The van der Waals surface area contributed by atoms with E-state index in [4.69, 9.17) is 0 Å². The highest BCUT2D eigenvalue weighted by atomic mass is 16.1. The molecule has 0 atom stereocenters. The van der Waals surface area contributed by atoms with Crippen molar-refractivity contribution in [3.8, 4) is 0 Å². The Balaban J connectivity index is 1.21. The second-order valence-electron chi connectivity index (χ2n) is 18.0. The Morgan fingerprint density at radius 2 is 0.633 bits per heavy atom. The van der Waals surface area contributed by atoms with Gasteiger partial charge in [0, 0.05) is 43.1 Å². The van der Waals surface area contributed by atoms with E-state index in [1.807, 2.05) is 38.1 Å². The number of aryl methyl sites for hydroxylation is 4. The lowest BCUT2D eigenvalue weighted by atomic mass is 9.88. The summed E-state index contributed by atoms with van der Waals surface area (Å²) in [6.45, 7) is 8.37. The summed E-state index contributed by atoms with van der Waals surface area (Å²) in [5.74, 6) is 0. The minimum atomic E-state index is -0.133. The fourth-order valence-electron chi connectivity index (χ4n) is 10.1. The molecule has 7 aromatic rings. The summed E-state index contributed by atoms with van der Waals surface area (Å²) in [5.41, 5.74) is 3.54. The third-order valence-electron chi connectivity index (χ3n) is 13.7. The first-order valence-electron chi connectivity index (χ1n) is 23.7. The summed E-state index contributed by atoms with van der Waals surface area (Å²) in [7, 11) is 0. The molecule has 0 saturated carbocycles. The van der Waals surface area contributed by atoms with Crippen LogP contribution in [0.3, 0.4) is 0 Å². The molecule has 7 aromatic carbocycles. The van der Waals surface area contributed by atoms with Gasteiger partial charge >= 0.3 is 0 Å². The molecule has 4 heteroatoms. The molecule has 0 fully saturated rings. The zero-order valence-electron chi connectivity index (χ0n) is 37.0. The second-order valence-corrected chi connectivity index (χ2v) is 18.0. The van der Waals surface area contributed by atoms with Gasteiger partial charge in [-0.3, -0.25) is 19.2 Å². The van der Waals surface area contributed by atoms with Crippen molar-refractivity contribution in [3.05, 3.63) is 124 Å². The monoisotopic (exact) mass is 802 g/mol. The van der Waals surface area contributed by atoms with Gasteiger partial charge in [-0.25, -0.2) is 0 Å². The summed E-state index contributed by atoms with van der Waals surface area (Å²) >= 11 is 0. The number of hydrogen-bond donors (Lipinski definition) is 0. The van der Waals surface area contributed by atoms with Crippen molar-refractivity contribution >= 4 is 64.6 Å². The van der Waals surface area contributed by atoms with Gasteiger partial charge < -0.3 is 0 Å². The molecule has 0 aliphatic heterocycles. The second kappa shape index (κ2) is 20.2. The lowest BCUT2D eigenvalue weighted by molar-refractivity contribution is 0.553. The molecule has 0 unspecified atom stereocenters. The van der Waals surface area contributed by atoms with Crippen LogP contribution in [-0.2, 0) is 12.8 Å². The van der Waals surface area contributed by atoms with Crippen LogP contribution in [0, 0.1) is 13.8 Å². The Bertz CT molecular complexity index is 2660. The molecular formula is C56H66O4. The Morgan fingerprint density at radius 3 is 0.983 bits per heavy atom. The van der Waals surface area contributed by atoms with Crippen molar-refractivity contribution in [1.82, 2.24) is 0 Å². The van der Waals surface area contributed by atoms with E-state index in [0.29, 0.717) is 43.1 Å². The predicted octanol–water partition coefficient (Wildman–Crippen LogP) is 14.5. The van der Waals surface area contributed by atoms with Crippen LogP contribution < -0.4 is 21.7 Å². The number of hydrogen-bond acceptors (Lipinski definition) is 4. The van der Waals surface area contributed by atoms with Crippen molar-refractivity contribution in [2.24, 2.45) is 0 Å². The summed E-state index contributed by atoms with van der Waals surface area (Å²) in [6.07, 6.45) is 27.5. The van der Waals surface area contributed by atoms with Crippen molar-refractivity contribution in [3.63, 3.8) is 0 Å². The molecule has 0 aliphatic carbocycles. The van der Waals surface area contributed by atoms with Crippen LogP contribution in [0.25, 0.3) is 64.6 Å². The van der Waals surface area contributed by atoms with E-state index >= 15 is 0 Å². The Kier molecular flexibility index (Phi) is 14.6. The molecule has 7 rings (SSSR count). The van der Waals surface area contributed by atoms with Crippen LogP contribution in [0.5, 0.6) is 0 Å². The third kappa shape index (κ3) is 9.14. The topological polar surface area (TPSA) is 68.3 Å². The maximum absolute atomic E-state index is 14.5. The highest BCUT2D eigenvalue weighted by Crippen LogP contribution is 2.35. The lowest BCUT2D eigenvalue weighted by Gasteiger charge is -2.14. The van der Waals surface area contributed by atoms with Gasteiger partial charge in [0.1, 0.15) is 0 Å². The highest BCUT2D eigenvalue weighted by molar-refractivity contribution is 6.14. The molecule has 0 spiro atoms. The first-order chi connectivity index (χ1) is 29.2. The van der Waals surface area contributed by atoms with Crippen molar-refractivity contribution < 1.29 is 0 Å². The molecule has 0 amide bonds. The summed E-state index contributed by atoms with van der Waals surface area (Å²) in [4.78, 5) is 56.7. The number of unbranched alkanes of at least 4 members (excludes halogenated alkanes) is 18. The molecule has 314 valence electrons. The van der Waals surface area contributed by atoms with E-state index in [1.54, 1.807) is 24.3 Å². The quantitative estimate of drug-likeness (QED) is 0.0506. The van der Waals surface area contributed by atoms with Gasteiger partial charge in [0.05, 0.1) is 0 Å². The van der Waals surface area contributed by atoms with Crippen molar-refractivity contribution in [2.75, 3.05) is 0 Å². The van der Waals surface area contributed by atoms with Crippen LogP contribution in [0.15, 0.2) is 79.8 Å². The van der Waals surface area contributed by atoms with Crippen LogP contribution in [0.1, 0.15) is 165 Å². The summed E-state index contributed by atoms with van der Waals surface area (Å²) in [5, 5.41) is 7.19. The smallest absolute Gasteiger partial charge is 0.194 e. The van der Waals surface area contributed by atoms with E-state index in [9.17, 15) is 19.2 Å². The first kappa shape index (κ1) is 43.4. The van der Waals surface area contributed by atoms with Gasteiger partial charge in [0.25, 0.3) is 0 Å². The zero-order valence-corrected chi connectivity index (χ0v) is 37.0. The van der Waals surface area contributed by atoms with Crippen LogP contribution >= 0.6 is 0 Å².